The van der Waals surface area contributed by atoms with E-state index >= 15 is 0 Å². The van der Waals surface area contributed by atoms with Crippen LogP contribution >= 0.6 is 0 Å². The van der Waals surface area contributed by atoms with Crippen molar-refractivity contribution in [2.75, 3.05) is 0 Å². The molecule has 0 saturated heterocycles. The van der Waals surface area contributed by atoms with Crippen molar-refractivity contribution in [2.45, 2.75) is 84.2 Å². The Morgan fingerprint density at radius 1 is 0.938 bits per heavy atom. The van der Waals surface area contributed by atoms with Crippen LogP contribution in [0.15, 0.2) is 0 Å². The Hall–Kier alpha value is -0.370. The minimum absolute atomic E-state index is 0.0487. The molecule has 0 amide bonds. The summed E-state index contributed by atoms with van der Waals surface area (Å²) in [6.07, 6.45) is 9.49. The summed E-state index contributed by atoms with van der Waals surface area (Å²) < 4.78 is 0. The van der Waals surface area contributed by atoms with Gasteiger partial charge in [-0.15, -0.1) is 0 Å². The van der Waals surface area contributed by atoms with Gasteiger partial charge in [-0.25, -0.2) is 0 Å². The number of ketones is 1. The fourth-order valence-electron chi connectivity index (χ4n) is 1.82. The Morgan fingerprint density at radius 2 is 1.50 bits per heavy atom. The summed E-state index contributed by atoms with van der Waals surface area (Å²) >= 11 is 0. The van der Waals surface area contributed by atoms with Crippen molar-refractivity contribution in [3.63, 3.8) is 0 Å². The highest BCUT2D eigenvalue weighted by molar-refractivity contribution is 5.82. The van der Waals surface area contributed by atoms with Gasteiger partial charge in [0.05, 0.1) is 0 Å². The normalized spacial score (nSPS) is 12.7. The van der Waals surface area contributed by atoms with Gasteiger partial charge in [-0.1, -0.05) is 58.8 Å². The zero-order chi connectivity index (χ0) is 12.2. The lowest BCUT2D eigenvalue weighted by atomic mass is 10.0. The molecule has 0 rings (SSSR count). The number of Topliss-reactive ketones (excluding diaryl/α,β-unsaturated/α-hetero) is 1. The fourth-order valence-corrected chi connectivity index (χ4v) is 1.82. The molecule has 16 heavy (non-hydrogen) atoms. The summed E-state index contributed by atoms with van der Waals surface area (Å²) in [5.74, 6) is 0.0487. The van der Waals surface area contributed by atoms with Crippen molar-refractivity contribution in [1.82, 2.24) is 0 Å². The number of hydrogen-bond acceptors (Lipinski definition) is 2. The molecule has 0 aliphatic rings. The van der Waals surface area contributed by atoms with Gasteiger partial charge in [0.2, 0.25) is 0 Å². The first-order chi connectivity index (χ1) is 7.72. The third-order valence-electron chi connectivity index (χ3n) is 2.98. The van der Waals surface area contributed by atoms with Gasteiger partial charge in [0.15, 0.2) is 5.78 Å². The smallest absolute Gasteiger partial charge is 0.161 e. The lowest BCUT2D eigenvalue weighted by Gasteiger charge is -2.09. The number of hydrogen-bond donors (Lipinski definition) is 1. The van der Waals surface area contributed by atoms with Crippen LogP contribution in [-0.2, 0) is 4.79 Å². The molecular formula is C14H28O2. The van der Waals surface area contributed by atoms with Crippen LogP contribution in [0.4, 0.5) is 0 Å². The molecule has 0 radical (unpaired) electrons. The van der Waals surface area contributed by atoms with E-state index in [2.05, 4.69) is 13.8 Å². The number of rotatable bonds is 11. The van der Waals surface area contributed by atoms with Crippen molar-refractivity contribution >= 4 is 5.78 Å². The number of carbonyl (C=O) groups is 1. The Bertz CT molecular complexity index is 166. The summed E-state index contributed by atoms with van der Waals surface area (Å²) in [6.45, 7) is 4.32. The molecule has 2 nitrogen and oxygen atoms in total. The summed E-state index contributed by atoms with van der Waals surface area (Å²) in [6, 6.07) is 0. The van der Waals surface area contributed by atoms with Gasteiger partial charge in [-0.2, -0.15) is 0 Å². The standard InChI is InChI=1S/C14H28O2/c1-3-5-7-9-11-13(15)14(16)12-10-8-6-4-2/h13,15H,3-12H2,1-2H3/t13-/m1/s1. The van der Waals surface area contributed by atoms with Crippen molar-refractivity contribution in [1.29, 1.82) is 0 Å². The molecule has 1 N–H and O–H groups in total. The maximum absolute atomic E-state index is 11.5. The maximum Gasteiger partial charge on any atom is 0.161 e. The molecule has 0 aromatic heterocycles. The monoisotopic (exact) mass is 228 g/mol. The molecule has 0 saturated carbocycles. The van der Waals surface area contributed by atoms with Crippen LogP contribution in [-0.4, -0.2) is 17.0 Å². The van der Waals surface area contributed by atoms with E-state index in [0.717, 1.165) is 25.7 Å². The SMILES string of the molecule is CCCCCCC(=O)[C@H](O)CCCCCC. The second-order valence-corrected chi connectivity index (χ2v) is 4.64. The van der Waals surface area contributed by atoms with E-state index in [1.807, 2.05) is 0 Å². The number of carbonyl (C=O) groups excluding carboxylic acids is 1. The molecule has 96 valence electrons. The molecule has 0 heterocycles. The second kappa shape index (κ2) is 11.1. The first-order valence-corrected chi connectivity index (χ1v) is 6.93. The highest BCUT2D eigenvalue weighted by Crippen LogP contribution is 2.10. The summed E-state index contributed by atoms with van der Waals surface area (Å²) in [4.78, 5) is 11.5. The van der Waals surface area contributed by atoms with Gasteiger partial charge in [0, 0.05) is 6.42 Å². The largest absolute Gasteiger partial charge is 0.385 e. The maximum atomic E-state index is 11.5. The number of aliphatic hydroxyl groups is 1. The molecule has 0 aliphatic carbocycles. The first-order valence-electron chi connectivity index (χ1n) is 6.93. The van der Waals surface area contributed by atoms with E-state index < -0.39 is 6.10 Å². The lowest BCUT2D eigenvalue weighted by molar-refractivity contribution is -0.127. The van der Waals surface area contributed by atoms with Crippen molar-refractivity contribution in [2.24, 2.45) is 0 Å². The van der Waals surface area contributed by atoms with Crippen molar-refractivity contribution in [3.05, 3.63) is 0 Å². The van der Waals surface area contributed by atoms with E-state index in [-0.39, 0.29) is 5.78 Å². The molecule has 0 aromatic carbocycles. The van der Waals surface area contributed by atoms with Crippen LogP contribution in [0.25, 0.3) is 0 Å². The topological polar surface area (TPSA) is 37.3 Å². The van der Waals surface area contributed by atoms with E-state index in [9.17, 15) is 9.90 Å². The Morgan fingerprint density at radius 3 is 2.06 bits per heavy atom. The van der Waals surface area contributed by atoms with Gasteiger partial charge >= 0.3 is 0 Å². The highest BCUT2D eigenvalue weighted by atomic mass is 16.3. The minimum atomic E-state index is -0.696. The number of unbranched alkanes of at least 4 members (excludes halogenated alkanes) is 6. The van der Waals surface area contributed by atoms with E-state index in [4.69, 9.17) is 0 Å². The van der Waals surface area contributed by atoms with E-state index in [1.165, 1.54) is 25.7 Å². The van der Waals surface area contributed by atoms with E-state index in [1.54, 1.807) is 0 Å². The quantitative estimate of drug-likeness (QED) is 0.545. The number of aliphatic hydroxyl groups excluding tert-OH is 1. The average molecular weight is 228 g/mol. The Labute approximate surface area is 100 Å². The third-order valence-corrected chi connectivity index (χ3v) is 2.98. The molecule has 0 aliphatic heterocycles. The van der Waals surface area contributed by atoms with Crippen LogP contribution in [0.2, 0.25) is 0 Å². The second-order valence-electron chi connectivity index (χ2n) is 4.64. The van der Waals surface area contributed by atoms with Crippen molar-refractivity contribution in [3.8, 4) is 0 Å². The zero-order valence-electron chi connectivity index (χ0n) is 11.0. The molecule has 0 fully saturated rings. The molecule has 0 aromatic rings. The highest BCUT2D eigenvalue weighted by Gasteiger charge is 2.13. The Kier molecular flexibility index (Phi) is 10.9. The molecule has 0 unspecified atom stereocenters. The summed E-state index contributed by atoms with van der Waals surface area (Å²) in [7, 11) is 0. The summed E-state index contributed by atoms with van der Waals surface area (Å²) in [5.41, 5.74) is 0. The minimum Gasteiger partial charge on any atom is -0.385 e. The fraction of sp³-hybridized carbons (Fsp3) is 0.929. The molecule has 2 heteroatoms. The molecule has 1 atom stereocenters. The van der Waals surface area contributed by atoms with Crippen LogP contribution in [0.3, 0.4) is 0 Å². The third kappa shape index (κ3) is 8.90. The molecule has 0 spiro atoms. The van der Waals surface area contributed by atoms with Gasteiger partial charge in [0.1, 0.15) is 6.10 Å². The van der Waals surface area contributed by atoms with Gasteiger partial charge in [0.25, 0.3) is 0 Å². The first kappa shape index (κ1) is 15.6. The van der Waals surface area contributed by atoms with Crippen LogP contribution in [0.1, 0.15) is 78.1 Å². The predicted octanol–water partition coefficient (Wildman–Crippen LogP) is 3.86. The summed E-state index contributed by atoms with van der Waals surface area (Å²) in [5, 5.41) is 9.62. The predicted molar refractivity (Wildman–Crippen MR) is 68.5 cm³/mol. The van der Waals surface area contributed by atoms with Gasteiger partial charge in [-0.05, 0) is 12.8 Å². The van der Waals surface area contributed by atoms with Crippen molar-refractivity contribution < 1.29 is 9.90 Å². The molecular weight excluding hydrogens is 200 g/mol. The van der Waals surface area contributed by atoms with Crippen LogP contribution < -0.4 is 0 Å². The van der Waals surface area contributed by atoms with Gasteiger partial charge in [-0.3, -0.25) is 4.79 Å². The van der Waals surface area contributed by atoms with E-state index in [0.29, 0.717) is 12.8 Å². The zero-order valence-corrected chi connectivity index (χ0v) is 11.0. The van der Waals surface area contributed by atoms with Gasteiger partial charge < -0.3 is 5.11 Å². The van der Waals surface area contributed by atoms with Crippen LogP contribution in [0.5, 0.6) is 0 Å². The Balaban J connectivity index is 3.42. The average Bonchev–Trinajstić information content (AvgIpc) is 2.29. The lowest BCUT2D eigenvalue weighted by Crippen LogP contribution is -2.19. The van der Waals surface area contributed by atoms with Crippen LogP contribution in [0, 0.1) is 0 Å². The molecule has 0 bridgehead atoms.